The number of ether oxygens (including phenoxy) is 2. The number of rotatable bonds is 9. The predicted molar refractivity (Wildman–Crippen MR) is 125 cm³/mol. The summed E-state index contributed by atoms with van der Waals surface area (Å²) in [5.41, 5.74) is 1.73. The van der Waals surface area contributed by atoms with E-state index in [1.54, 1.807) is 30.3 Å². The maximum atomic E-state index is 13.1. The van der Waals surface area contributed by atoms with Gasteiger partial charge in [-0.1, -0.05) is 19.1 Å². The van der Waals surface area contributed by atoms with Crippen molar-refractivity contribution in [1.82, 2.24) is 4.90 Å². The average Bonchev–Trinajstić information content (AvgIpc) is 3.02. The Bertz CT molecular complexity index is 1060. The number of hydrogen-bond donors (Lipinski definition) is 2. The van der Waals surface area contributed by atoms with Gasteiger partial charge in [0, 0.05) is 12.1 Å². The molecule has 0 aromatic heterocycles. The third-order valence-corrected chi connectivity index (χ3v) is 5.42. The van der Waals surface area contributed by atoms with E-state index in [4.69, 9.17) is 9.47 Å². The number of likely N-dealkylation sites (tertiary alicyclic amines) is 1. The SMILES string of the molecule is CCCOc1ccc(/C(O)=C2/C(=O)C(=O)N(CCOC(C)C)C2c2cccc(O)c2)cc1C. The lowest BCUT2D eigenvalue weighted by Gasteiger charge is -2.25. The Kier molecular flexibility index (Phi) is 7.76. The van der Waals surface area contributed by atoms with Crippen LogP contribution in [0, 0.1) is 6.92 Å². The normalized spacial score (nSPS) is 17.7. The third-order valence-electron chi connectivity index (χ3n) is 5.42. The van der Waals surface area contributed by atoms with E-state index >= 15 is 0 Å². The number of aryl methyl sites for hydroxylation is 1. The van der Waals surface area contributed by atoms with Gasteiger partial charge in [-0.25, -0.2) is 0 Å². The van der Waals surface area contributed by atoms with Crippen molar-refractivity contribution in [3.63, 3.8) is 0 Å². The summed E-state index contributed by atoms with van der Waals surface area (Å²) >= 11 is 0. The van der Waals surface area contributed by atoms with Gasteiger partial charge in [-0.15, -0.1) is 0 Å². The fraction of sp³-hybridized carbons (Fsp3) is 0.385. The number of carbonyl (C=O) groups is 2. The first-order chi connectivity index (χ1) is 15.7. The topological polar surface area (TPSA) is 96.3 Å². The minimum Gasteiger partial charge on any atom is -0.508 e. The van der Waals surface area contributed by atoms with Crippen LogP contribution in [0.25, 0.3) is 5.76 Å². The van der Waals surface area contributed by atoms with Gasteiger partial charge in [0.25, 0.3) is 11.7 Å². The number of amides is 1. The molecule has 7 nitrogen and oxygen atoms in total. The zero-order chi connectivity index (χ0) is 24.1. The van der Waals surface area contributed by atoms with Crippen LogP contribution in [0.3, 0.4) is 0 Å². The summed E-state index contributed by atoms with van der Waals surface area (Å²) in [5.74, 6) is -1.04. The van der Waals surface area contributed by atoms with Crippen molar-refractivity contribution in [2.45, 2.75) is 46.3 Å². The second-order valence-electron chi connectivity index (χ2n) is 8.34. The van der Waals surface area contributed by atoms with Crippen LogP contribution in [0.2, 0.25) is 0 Å². The van der Waals surface area contributed by atoms with E-state index < -0.39 is 17.7 Å². The van der Waals surface area contributed by atoms with E-state index in [9.17, 15) is 19.8 Å². The molecule has 1 atom stereocenters. The lowest BCUT2D eigenvalue weighted by molar-refractivity contribution is -0.140. The van der Waals surface area contributed by atoms with Crippen LogP contribution in [0.15, 0.2) is 48.0 Å². The zero-order valence-electron chi connectivity index (χ0n) is 19.5. The monoisotopic (exact) mass is 453 g/mol. The van der Waals surface area contributed by atoms with E-state index in [1.807, 2.05) is 27.7 Å². The van der Waals surface area contributed by atoms with E-state index in [0.29, 0.717) is 23.5 Å². The van der Waals surface area contributed by atoms with Gasteiger partial charge in [0.1, 0.15) is 17.3 Å². The minimum atomic E-state index is -0.843. The van der Waals surface area contributed by atoms with Crippen LogP contribution < -0.4 is 4.74 Å². The van der Waals surface area contributed by atoms with Crippen molar-refractivity contribution >= 4 is 17.4 Å². The van der Waals surface area contributed by atoms with Crippen LogP contribution in [-0.4, -0.2) is 52.7 Å². The summed E-state index contributed by atoms with van der Waals surface area (Å²) in [6.07, 6.45) is 0.840. The highest BCUT2D eigenvalue weighted by molar-refractivity contribution is 6.46. The summed E-state index contributed by atoms with van der Waals surface area (Å²) in [6, 6.07) is 10.7. The number of hydrogen-bond acceptors (Lipinski definition) is 6. The molecule has 2 aromatic carbocycles. The molecular formula is C26H31NO6. The van der Waals surface area contributed by atoms with Crippen LogP contribution in [0.4, 0.5) is 0 Å². The van der Waals surface area contributed by atoms with Gasteiger partial charge in [0.2, 0.25) is 0 Å². The maximum Gasteiger partial charge on any atom is 0.295 e. The molecule has 0 radical (unpaired) electrons. The standard InChI is InChI=1S/C26H31NO6/c1-5-12-33-21-10-9-19(14-17(21)4)24(29)22-23(18-7-6-8-20(28)15-18)27(26(31)25(22)30)11-13-32-16(2)3/h6-10,14-16,23,28-29H,5,11-13H2,1-4H3/b24-22-. The largest absolute Gasteiger partial charge is 0.508 e. The number of phenolic OH excluding ortho intramolecular Hbond substituents is 1. The van der Waals surface area contributed by atoms with Crippen LogP contribution >= 0.6 is 0 Å². The Hall–Kier alpha value is -3.32. The number of phenols is 1. The number of Topliss-reactive ketones (excluding diaryl/α,β-unsaturated/α-hetero) is 1. The zero-order valence-corrected chi connectivity index (χ0v) is 19.5. The highest BCUT2D eigenvalue weighted by atomic mass is 16.5. The first-order valence-electron chi connectivity index (χ1n) is 11.2. The Balaban J connectivity index is 2.06. The van der Waals surface area contributed by atoms with Crippen molar-refractivity contribution in [3.05, 3.63) is 64.7 Å². The van der Waals surface area contributed by atoms with Crippen LogP contribution in [0.5, 0.6) is 11.5 Å². The van der Waals surface area contributed by atoms with Crippen LogP contribution in [0.1, 0.15) is 49.9 Å². The van der Waals surface area contributed by atoms with Crippen molar-refractivity contribution < 1.29 is 29.3 Å². The highest BCUT2D eigenvalue weighted by Gasteiger charge is 2.46. The summed E-state index contributed by atoms with van der Waals surface area (Å²) in [7, 11) is 0. The van der Waals surface area contributed by atoms with Gasteiger partial charge < -0.3 is 24.6 Å². The van der Waals surface area contributed by atoms with Gasteiger partial charge >= 0.3 is 0 Å². The van der Waals surface area contributed by atoms with Gasteiger partial charge in [0.15, 0.2) is 0 Å². The summed E-state index contributed by atoms with van der Waals surface area (Å²) in [5, 5.41) is 21.2. The molecule has 1 amide bonds. The smallest absolute Gasteiger partial charge is 0.295 e. The van der Waals surface area contributed by atoms with Crippen molar-refractivity contribution in [2.24, 2.45) is 0 Å². The lowest BCUT2D eigenvalue weighted by Crippen LogP contribution is -2.33. The predicted octanol–water partition coefficient (Wildman–Crippen LogP) is 4.34. The minimum absolute atomic E-state index is 0.00443. The molecule has 1 heterocycles. The molecule has 1 unspecified atom stereocenters. The molecule has 7 heteroatoms. The fourth-order valence-electron chi connectivity index (χ4n) is 3.86. The highest BCUT2D eigenvalue weighted by Crippen LogP contribution is 2.40. The molecule has 3 rings (SSSR count). The first-order valence-corrected chi connectivity index (χ1v) is 11.2. The van der Waals surface area contributed by atoms with Gasteiger partial charge in [-0.2, -0.15) is 0 Å². The summed E-state index contributed by atoms with van der Waals surface area (Å²) in [6.45, 7) is 8.63. The fourth-order valence-corrected chi connectivity index (χ4v) is 3.86. The van der Waals surface area contributed by atoms with E-state index in [1.165, 1.54) is 17.0 Å². The average molecular weight is 454 g/mol. The van der Waals surface area contributed by atoms with E-state index in [2.05, 4.69) is 0 Å². The summed E-state index contributed by atoms with van der Waals surface area (Å²) in [4.78, 5) is 27.4. The maximum absolute atomic E-state index is 13.1. The van der Waals surface area contributed by atoms with Crippen molar-refractivity contribution in [2.75, 3.05) is 19.8 Å². The quantitative estimate of drug-likeness (QED) is 0.333. The molecule has 2 N–H and O–H groups in total. The van der Waals surface area contributed by atoms with Gasteiger partial charge in [-0.05, 0) is 68.7 Å². The molecule has 0 aliphatic carbocycles. The number of ketones is 1. The number of aliphatic hydroxyl groups excluding tert-OH is 1. The molecule has 1 saturated heterocycles. The van der Waals surface area contributed by atoms with Crippen molar-refractivity contribution in [1.29, 1.82) is 0 Å². The Morgan fingerprint density at radius 3 is 2.52 bits per heavy atom. The molecule has 0 spiro atoms. The molecule has 0 bridgehead atoms. The molecular weight excluding hydrogens is 422 g/mol. The molecule has 176 valence electrons. The summed E-state index contributed by atoms with van der Waals surface area (Å²) < 4.78 is 11.3. The van der Waals surface area contributed by atoms with Crippen LogP contribution in [-0.2, 0) is 14.3 Å². The molecule has 33 heavy (non-hydrogen) atoms. The molecule has 0 saturated carbocycles. The Morgan fingerprint density at radius 1 is 1.12 bits per heavy atom. The molecule has 1 aliphatic rings. The number of aliphatic hydroxyl groups is 1. The van der Waals surface area contributed by atoms with Gasteiger partial charge in [0.05, 0.1) is 30.9 Å². The third kappa shape index (κ3) is 5.37. The number of nitrogens with zero attached hydrogens (tertiary/aromatic N) is 1. The molecule has 2 aromatic rings. The van der Waals surface area contributed by atoms with E-state index in [0.717, 1.165) is 12.0 Å². The second-order valence-corrected chi connectivity index (χ2v) is 8.34. The van der Waals surface area contributed by atoms with E-state index in [-0.39, 0.29) is 36.3 Å². The number of aromatic hydroxyl groups is 1. The number of benzene rings is 2. The van der Waals surface area contributed by atoms with Crippen molar-refractivity contribution in [3.8, 4) is 11.5 Å². The van der Waals surface area contributed by atoms with Gasteiger partial charge in [-0.3, -0.25) is 9.59 Å². The lowest BCUT2D eigenvalue weighted by atomic mass is 9.94. The molecule has 1 aliphatic heterocycles. The molecule has 1 fully saturated rings. The Labute approximate surface area is 194 Å². The Morgan fingerprint density at radius 2 is 1.88 bits per heavy atom. The number of carbonyl (C=O) groups excluding carboxylic acids is 2. The first kappa shape index (κ1) is 24.3. The second kappa shape index (κ2) is 10.5.